The molecule has 0 aromatic rings. The molecular weight excluding hydrogens is 110 g/mol. The van der Waals surface area contributed by atoms with E-state index < -0.39 is 0 Å². The number of rotatable bonds is 3. The first-order valence-corrected chi connectivity index (χ1v) is 3.11. The van der Waals surface area contributed by atoms with Gasteiger partial charge in [-0.15, -0.1) is 6.58 Å². The third-order valence-electron chi connectivity index (χ3n) is 1.05. The molecular formula is C8H14N+. The Labute approximate surface area is 56.8 Å². The minimum absolute atomic E-state index is 0.467. The van der Waals surface area contributed by atoms with E-state index in [1.165, 1.54) is 0 Å². The maximum Gasteiger partial charge on any atom is 0.161 e. The van der Waals surface area contributed by atoms with Gasteiger partial charge in [-0.2, -0.15) is 0 Å². The lowest BCUT2D eigenvalue weighted by Crippen LogP contribution is -2.62. The zero-order valence-corrected chi connectivity index (χ0v) is 6.09. The van der Waals surface area contributed by atoms with Crippen LogP contribution in [0.3, 0.4) is 0 Å². The third-order valence-corrected chi connectivity index (χ3v) is 1.05. The van der Waals surface area contributed by atoms with Crippen molar-refractivity contribution in [3.05, 3.63) is 24.8 Å². The van der Waals surface area contributed by atoms with Gasteiger partial charge in [-0.25, -0.2) is 0 Å². The van der Waals surface area contributed by atoms with E-state index in [4.69, 9.17) is 0 Å². The predicted molar refractivity (Wildman–Crippen MR) is 41.5 cm³/mol. The summed E-state index contributed by atoms with van der Waals surface area (Å²) in [5.74, 6) is 0.467. The van der Waals surface area contributed by atoms with Crippen molar-refractivity contribution in [2.45, 2.75) is 6.92 Å². The van der Waals surface area contributed by atoms with Crippen LogP contribution in [-0.2, 0) is 0 Å². The number of hydrogen-bond donors (Lipinski definition) is 1. The Morgan fingerprint density at radius 3 is 2.67 bits per heavy atom. The maximum absolute atomic E-state index is 3.65. The van der Waals surface area contributed by atoms with Gasteiger partial charge in [0.1, 0.15) is 7.05 Å². The molecule has 0 rings (SSSR count). The van der Waals surface area contributed by atoms with Gasteiger partial charge in [0.15, 0.2) is 6.21 Å². The molecule has 1 heteroatoms. The summed E-state index contributed by atoms with van der Waals surface area (Å²) in [4.78, 5) is 2.90. The number of hydrogen-bond acceptors (Lipinski definition) is 0. The van der Waals surface area contributed by atoms with E-state index in [1.54, 1.807) is 0 Å². The molecule has 0 aromatic heterocycles. The molecule has 0 radical (unpaired) electrons. The predicted octanol–water partition coefficient (Wildman–Crippen LogP) is 0.146. The van der Waals surface area contributed by atoms with Crippen LogP contribution < -0.4 is 4.99 Å². The fraction of sp³-hybridized carbons (Fsp3) is 0.375. The van der Waals surface area contributed by atoms with Crippen molar-refractivity contribution in [1.82, 2.24) is 0 Å². The summed E-state index contributed by atoms with van der Waals surface area (Å²) in [6.45, 7) is 5.74. The van der Waals surface area contributed by atoms with Crippen LogP contribution in [-0.4, -0.2) is 13.3 Å². The zero-order valence-electron chi connectivity index (χ0n) is 6.09. The largest absolute Gasteiger partial charge is 0.251 e. The molecule has 50 valence electrons. The Morgan fingerprint density at radius 1 is 1.56 bits per heavy atom. The average Bonchev–Trinajstić information content (AvgIpc) is 1.89. The number of nitrogens with one attached hydrogen (secondary N) is 1. The molecule has 0 spiro atoms. The Morgan fingerprint density at radius 2 is 2.22 bits per heavy atom. The van der Waals surface area contributed by atoms with E-state index in [0.717, 1.165) is 0 Å². The van der Waals surface area contributed by atoms with E-state index in [9.17, 15) is 0 Å². The van der Waals surface area contributed by atoms with E-state index in [1.807, 2.05) is 25.4 Å². The highest BCUT2D eigenvalue weighted by Gasteiger charge is 1.83. The molecule has 0 amide bonds. The molecule has 0 fully saturated rings. The first-order chi connectivity index (χ1) is 4.31. The van der Waals surface area contributed by atoms with Crippen LogP contribution in [0.25, 0.3) is 0 Å². The van der Waals surface area contributed by atoms with E-state index >= 15 is 0 Å². The number of allylic oxidation sites excluding steroid dienone is 3. The minimum atomic E-state index is 0.467. The van der Waals surface area contributed by atoms with Gasteiger partial charge in [0.2, 0.25) is 0 Å². The van der Waals surface area contributed by atoms with Crippen molar-refractivity contribution in [2.75, 3.05) is 7.05 Å². The summed E-state index contributed by atoms with van der Waals surface area (Å²) in [7, 11) is 1.88. The zero-order chi connectivity index (χ0) is 7.11. The normalized spacial score (nSPS) is 14.9. The molecule has 1 N–H and O–H groups in total. The highest BCUT2D eigenvalue weighted by Crippen LogP contribution is 1.94. The van der Waals surface area contributed by atoms with Crippen LogP contribution in [0.5, 0.6) is 0 Å². The second-order valence-electron chi connectivity index (χ2n) is 1.94. The summed E-state index contributed by atoms with van der Waals surface area (Å²) in [5, 5.41) is 0. The lowest BCUT2D eigenvalue weighted by atomic mass is 10.2. The van der Waals surface area contributed by atoms with Crippen LogP contribution in [0.4, 0.5) is 0 Å². The summed E-state index contributed by atoms with van der Waals surface area (Å²) in [6, 6.07) is 0. The smallest absolute Gasteiger partial charge is 0.161 e. The average molecular weight is 124 g/mol. The van der Waals surface area contributed by atoms with Crippen molar-refractivity contribution in [3.8, 4) is 0 Å². The molecule has 9 heavy (non-hydrogen) atoms. The molecule has 0 aliphatic rings. The van der Waals surface area contributed by atoms with Crippen LogP contribution in [0, 0.1) is 5.92 Å². The molecule has 0 aliphatic heterocycles. The van der Waals surface area contributed by atoms with Gasteiger partial charge in [-0.3, -0.25) is 4.99 Å². The van der Waals surface area contributed by atoms with Crippen molar-refractivity contribution in [3.63, 3.8) is 0 Å². The first kappa shape index (κ1) is 8.15. The van der Waals surface area contributed by atoms with Gasteiger partial charge >= 0.3 is 0 Å². The maximum atomic E-state index is 3.65. The molecule has 0 heterocycles. The summed E-state index contributed by atoms with van der Waals surface area (Å²) < 4.78 is 0. The van der Waals surface area contributed by atoms with Gasteiger partial charge in [-0.1, -0.05) is 19.1 Å². The van der Waals surface area contributed by atoms with Crippen LogP contribution in [0.1, 0.15) is 6.92 Å². The quantitative estimate of drug-likeness (QED) is 0.406. The molecule has 0 saturated carbocycles. The van der Waals surface area contributed by atoms with Gasteiger partial charge in [0, 0.05) is 0 Å². The summed E-state index contributed by atoms with van der Waals surface area (Å²) >= 11 is 0. The summed E-state index contributed by atoms with van der Waals surface area (Å²) in [5.41, 5.74) is 0. The van der Waals surface area contributed by atoms with Crippen molar-refractivity contribution >= 4 is 6.21 Å². The molecule has 0 saturated heterocycles. The molecule has 1 atom stereocenters. The second kappa shape index (κ2) is 5.29. The highest BCUT2D eigenvalue weighted by molar-refractivity contribution is 5.65. The Bertz CT molecular complexity index is 123. The van der Waals surface area contributed by atoms with Gasteiger partial charge in [0.25, 0.3) is 0 Å². The van der Waals surface area contributed by atoms with E-state index in [0.29, 0.717) is 5.92 Å². The monoisotopic (exact) mass is 124 g/mol. The lowest BCUT2D eigenvalue weighted by molar-refractivity contribution is -0.413. The highest BCUT2D eigenvalue weighted by atomic mass is 14.6. The fourth-order valence-electron chi connectivity index (χ4n) is 0.406. The van der Waals surface area contributed by atoms with E-state index in [-0.39, 0.29) is 0 Å². The lowest BCUT2D eigenvalue weighted by Gasteiger charge is -1.90. The van der Waals surface area contributed by atoms with E-state index in [2.05, 4.69) is 24.6 Å². The topological polar surface area (TPSA) is 14.0 Å². The van der Waals surface area contributed by atoms with Crippen molar-refractivity contribution in [1.29, 1.82) is 0 Å². The fourth-order valence-corrected chi connectivity index (χ4v) is 0.406. The molecule has 0 bridgehead atoms. The molecule has 0 aliphatic carbocycles. The molecule has 0 aromatic carbocycles. The second-order valence-corrected chi connectivity index (χ2v) is 1.94. The van der Waals surface area contributed by atoms with Crippen LogP contribution in [0.2, 0.25) is 0 Å². The minimum Gasteiger partial charge on any atom is -0.251 e. The molecule has 1 unspecified atom stereocenters. The van der Waals surface area contributed by atoms with Crippen LogP contribution in [0.15, 0.2) is 24.8 Å². The third kappa shape index (κ3) is 5.01. The van der Waals surface area contributed by atoms with Gasteiger partial charge in [-0.05, 0) is 12.0 Å². The van der Waals surface area contributed by atoms with Crippen molar-refractivity contribution < 1.29 is 4.99 Å². The van der Waals surface area contributed by atoms with Crippen LogP contribution >= 0.6 is 0 Å². The van der Waals surface area contributed by atoms with Gasteiger partial charge in [0.05, 0.1) is 0 Å². The first-order valence-electron chi connectivity index (χ1n) is 3.11. The Hall–Kier alpha value is -0.850. The Balaban J connectivity index is 3.55. The summed E-state index contributed by atoms with van der Waals surface area (Å²) in [6.07, 6.45) is 7.84. The Kier molecular flexibility index (Phi) is 4.79. The standard InChI is InChI=1S/C8H13N/c1-4-8(2)6-5-7-9-3/h4-8H,1H2,2-3H3/p+1/b6-5-,9-7?. The van der Waals surface area contributed by atoms with Crippen molar-refractivity contribution in [2.24, 2.45) is 5.92 Å². The van der Waals surface area contributed by atoms with Gasteiger partial charge < -0.3 is 0 Å². The molecule has 1 nitrogen and oxygen atoms in total. The SMILES string of the molecule is C=CC(C)/C=C\C=[NH+]C.